The predicted molar refractivity (Wildman–Crippen MR) is 71.8 cm³/mol. The van der Waals surface area contributed by atoms with Gasteiger partial charge in [0.2, 0.25) is 0 Å². The van der Waals surface area contributed by atoms with E-state index in [2.05, 4.69) is 10.4 Å². The van der Waals surface area contributed by atoms with E-state index >= 15 is 0 Å². The van der Waals surface area contributed by atoms with Gasteiger partial charge < -0.3 is 15.8 Å². The molecule has 100 valence electrons. The molecular weight excluding hydrogens is 244 g/mol. The Bertz CT molecular complexity index is 592. The number of ether oxygens (including phenoxy) is 1. The van der Waals surface area contributed by atoms with Crippen LogP contribution in [0.2, 0.25) is 0 Å². The Labute approximate surface area is 111 Å². The molecule has 0 saturated heterocycles. The number of anilines is 1. The molecule has 0 aliphatic rings. The maximum absolute atomic E-state index is 12.0. The number of carbonyl (C=O) groups excluding carboxylic acids is 1. The predicted octanol–water partition coefficient (Wildman–Crippen LogP) is 0.941. The lowest BCUT2D eigenvalue weighted by molar-refractivity contribution is 0.0950. The molecule has 1 amide bonds. The molecular formula is C13H16N4O2. The zero-order valence-corrected chi connectivity index (χ0v) is 10.9. The minimum atomic E-state index is -0.179. The van der Waals surface area contributed by atoms with Crippen molar-refractivity contribution in [2.75, 3.05) is 12.8 Å². The number of methoxy groups -OCH3 is 1. The van der Waals surface area contributed by atoms with E-state index in [1.54, 1.807) is 49.3 Å². The van der Waals surface area contributed by atoms with Gasteiger partial charge in [-0.2, -0.15) is 5.10 Å². The number of nitrogens with two attached hydrogens (primary N) is 1. The van der Waals surface area contributed by atoms with Gasteiger partial charge in [0.15, 0.2) is 0 Å². The van der Waals surface area contributed by atoms with Crippen molar-refractivity contribution in [3.05, 3.63) is 41.6 Å². The highest BCUT2D eigenvalue weighted by Gasteiger charge is 2.09. The van der Waals surface area contributed by atoms with Crippen LogP contribution in [0.4, 0.5) is 5.82 Å². The van der Waals surface area contributed by atoms with Crippen LogP contribution < -0.4 is 15.8 Å². The number of aromatic nitrogens is 2. The molecule has 0 aliphatic heterocycles. The van der Waals surface area contributed by atoms with E-state index in [1.165, 1.54) is 0 Å². The van der Waals surface area contributed by atoms with E-state index < -0.39 is 0 Å². The summed E-state index contributed by atoms with van der Waals surface area (Å²) in [5.41, 5.74) is 7.14. The number of nitrogen functional groups attached to an aromatic ring is 1. The number of hydrogen-bond acceptors (Lipinski definition) is 4. The van der Waals surface area contributed by atoms with E-state index in [9.17, 15) is 4.79 Å². The van der Waals surface area contributed by atoms with Crippen LogP contribution in [0.15, 0.2) is 30.5 Å². The lowest BCUT2D eigenvalue weighted by Gasteiger charge is -2.06. The minimum Gasteiger partial charge on any atom is -0.497 e. The van der Waals surface area contributed by atoms with Gasteiger partial charge in [0.1, 0.15) is 11.6 Å². The standard InChI is InChI=1S/C13H16N4O2/c1-17-12(14)10(8-16-17)7-15-13(18)9-4-3-5-11(6-9)19-2/h3-6,8H,7,14H2,1-2H3,(H,15,18). The fourth-order valence-electron chi connectivity index (χ4n) is 1.67. The third kappa shape index (κ3) is 2.85. The van der Waals surface area contributed by atoms with Crippen molar-refractivity contribution >= 4 is 11.7 Å². The highest BCUT2D eigenvalue weighted by Crippen LogP contribution is 2.13. The van der Waals surface area contributed by atoms with Crippen LogP contribution in [0.5, 0.6) is 5.75 Å². The van der Waals surface area contributed by atoms with Gasteiger partial charge in [-0.1, -0.05) is 6.07 Å². The molecule has 2 rings (SSSR count). The van der Waals surface area contributed by atoms with E-state index in [0.29, 0.717) is 23.7 Å². The molecule has 0 spiro atoms. The quantitative estimate of drug-likeness (QED) is 0.857. The number of rotatable bonds is 4. The highest BCUT2D eigenvalue weighted by molar-refractivity contribution is 5.94. The smallest absolute Gasteiger partial charge is 0.251 e. The topological polar surface area (TPSA) is 82.2 Å². The van der Waals surface area contributed by atoms with Gasteiger partial charge in [-0.3, -0.25) is 9.48 Å². The summed E-state index contributed by atoms with van der Waals surface area (Å²) in [4.78, 5) is 12.0. The van der Waals surface area contributed by atoms with Gasteiger partial charge in [0, 0.05) is 24.7 Å². The second-order valence-corrected chi connectivity index (χ2v) is 4.09. The molecule has 2 aromatic rings. The SMILES string of the molecule is COc1cccc(C(=O)NCc2cnn(C)c2N)c1. The summed E-state index contributed by atoms with van der Waals surface area (Å²) < 4.78 is 6.64. The van der Waals surface area contributed by atoms with Crippen LogP contribution in [0.25, 0.3) is 0 Å². The Kier molecular flexibility index (Phi) is 3.70. The third-order valence-corrected chi connectivity index (χ3v) is 2.84. The van der Waals surface area contributed by atoms with Gasteiger partial charge in [-0.15, -0.1) is 0 Å². The molecule has 6 heteroatoms. The van der Waals surface area contributed by atoms with Crippen LogP contribution in [-0.4, -0.2) is 22.8 Å². The first-order chi connectivity index (χ1) is 9.11. The molecule has 1 heterocycles. The Balaban J connectivity index is 2.03. The molecule has 3 N–H and O–H groups in total. The summed E-state index contributed by atoms with van der Waals surface area (Å²) in [6.45, 7) is 0.343. The highest BCUT2D eigenvalue weighted by atomic mass is 16.5. The third-order valence-electron chi connectivity index (χ3n) is 2.84. The van der Waals surface area contributed by atoms with Gasteiger partial charge in [-0.25, -0.2) is 0 Å². The van der Waals surface area contributed by atoms with Crippen molar-refractivity contribution in [2.45, 2.75) is 6.54 Å². The molecule has 1 aromatic heterocycles. The molecule has 19 heavy (non-hydrogen) atoms. The first kappa shape index (κ1) is 12.9. The molecule has 0 unspecified atom stereocenters. The van der Waals surface area contributed by atoms with Gasteiger partial charge in [-0.05, 0) is 18.2 Å². The second kappa shape index (κ2) is 5.43. The number of aryl methyl sites for hydroxylation is 1. The summed E-state index contributed by atoms with van der Waals surface area (Å²) >= 11 is 0. The fraction of sp³-hybridized carbons (Fsp3) is 0.231. The van der Waals surface area contributed by atoms with Crippen LogP contribution in [-0.2, 0) is 13.6 Å². The number of carbonyl (C=O) groups is 1. The van der Waals surface area contributed by atoms with E-state index in [4.69, 9.17) is 10.5 Å². The largest absolute Gasteiger partial charge is 0.497 e. The van der Waals surface area contributed by atoms with Crippen molar-refractivity contribution < 1.29 is 9.53 Å². The molecule has 1 aromatic carbocycles. The van der Waals surface area contributed by atoms with Crippen LogP contribution >= 0.6 is 0 Å². The number of hydrogen-bond donors (Lipinski definition) is 2. The van der Waals surface area contributed by atoms with Crippen molar-refractivity contribution in [3.8, 4) is 5.75 Å². The maximum Gasteiger partial charge on any atom is 0.251 e. The molecule has 0 saturated carbocycles. The average Bonchev–Trinajstić information content (AvgIpc) is 2.76. The Morgan fingerprint density at radius 1 is 1.53 bits per heavy atom. The molecule has 0 atom stereocenters. The number of amides is 1. The zero-order valence-electron chi connectivity index (χ0n) is 10.9. The van der Waals surface area contributed by atoms with Crippen molar-refractivity contribution in [1.29, 1.82) is 0 Å². The fourth-order valence-corrected chi connectivity index (χ4v) is 1.67. The molecule has 6 nitrogen and oxygen atoms in total. The minimum absolute atomic E-state index is 0.179. The van der Waals surface area contributed by atoms with Gasteiger partial charge >= 0.3 is 0 Å². The normalized spacial score (nSPS) is 10.2. The first-order valence-corrected chi connectivity index (χ1v) is 5.80. The van der Waals surface area contributed by atoms with Gasteiger partial charge in [0.05, 0.1) is 13.3 Å². The lowest BCUT2D eigenvalue weighted by Crippen LogP contribution is -2.23. The van der Waals surface area contributed by atoms with Crippen molar-refractivity contribution in [1.82, 2.24) is 15.1 Å². The summed E-state index contributed by atoms with van der Waals surface area (Å²) in [5, 5.41) is 6.81. The number of nitrogens with one attached hydrogen (secondary N) is 1. The monoisotopic (exact) mass is 260 g/mol. The van der Waals surface area contributed by atoms with Crippen LogP contribution in [0, 0.1) is 0 Å². The molecule has 0 radical (unpaired) electrons. The van der Waals surface area contributed by atoms with Gasteiger partial charge in [0.25, 0.3) is 5.91 Å². The van der Waals surface area contributed by atoms with E-state index in [1.807, 2.05) is 0 Å². The Morgan fingerprint density at radius 3 is 2.95 bits per heavy atom. The second-order valence-electron chi connectivity index (χ2n) is 4.09. The number of nitrogens with zero attached hydrogens (tertiary/aromatic N) is 2. The average molecular weight is 260 g/mol. The van der Waals surface area contributed by atoms with Crippen LogP contribution in [0.1, 0.15) is 15.9 Å². The summed E-state index contributed by atoms with van der Waals surface area (Å²) in [5.74, 6) is 1.02. The first-order valence-electron chi connectivity index (χ1n) is 5.80. The lowest BCUT2D eigenvalue weighted by atomic mass is 10.2. The Hall–Kier alpha value is -2.50. The van der Waals surface area contributed by atoms with Crippen molar-refractivity contribution in [3.63, 3.8) is 0 Å². The maximum atomic E-state index is 12.0. The number of benzene rings is 1. The molecule has 0 fully saturated rings. The summed E-state index contributed by atoms with van der Waals surface area (Å²) in [7, 11) is 3.32. The molecule has 0 bridgehead atoms. The van der Waals surface area contributed by atoms with Crippen molar-refractivity contribution in [2.24, 2.45) is 7.05 Å². The Morgan fingerprint density at radius 2 is 2.32 bits per heavy atom. The summed E-state index contributed by atoms with van der Waals surface area (Å²) in [6, 6.07) is 6.97. The van der Waals surface area contributed by atoms with E-state index in [-0.39, 0.29) is 5.91 Å². The zero-order chi connectivity index (χ0) is 13.8. The molecule has 0 aliphatic carbocycles. The summed E-state index contributed by atoms with van der Waals surface area (Å²) in [6.07, 6.45) is 1.64. The van der Waals surface area contributed by atoms with E-state index in [0.717, 1.165) is 5.56 Å². The van der Waals surface area contributed by atoms with Crippen LogP contribution in [0.3, 0.4) is 0 Å².